The summed E-state index contributed by atoms with van der Waals surface area (Å²) in [6.45, 7) is 6.44. The fraction of sp³-hybridized carbons (Fsp3) is 0.804. The normalized spacial score (nSPS) is 12.3. The average Bonchev–Trinajstić information content (AvgIpc) is 3.14. The van der Waals surface area contributed by atoms with Crippen LogP contribution in [0.25, 0.3) is 0 Å². The lowest BCUT2D eigenvalue weighted by Gasteiger charge is -2.18. The summed E-state index contributed by atoms with van der Waals surface area (Å²) in [5.41, 5.74) is 0. The van der Waals surface area contributed by atoms with Crippen LogP contribution >= 0.6 is 0 Å². The molecule has 0 aliphatic heterocycles. The highest BCUT2D eigenvalue weighted by Gasteiger charge is 2.19. The predicted molar refractivity (Wildman–Crippen MR) is 219 cm³/mol. The molecule has 1 atom stereocenters. The molecule has 1 unspecified atom stereocenters. The quantitative estimate of drug-likeness (QED) is 0.0271. The Morgan fingerprint density at radius 1 is 0.404 bits per heavy atom. The van der Waals surface area contributed by atoms with Crippen molar-refractivity contribution in [1.29, 1.82) is 0 Å². The molecular weight excluding hydrogens is 649 g/mol. The van der Waals surface area contributed by atoms with Crippen molar-refractivity contribution in [2.75, 3.05) is 13.2 Å². The Kier molecular flexibility index (Phi) is 39.5. The molecule has 0 rings (SSSR count). The van der Waals surface area contributed by atoms with E-state index in [4.69, 9.17) is 14.2 Å². The molecule has 0 aliphatic carbocycles. The maximum Gasteiger partial charge on any atom is 0.306 e. The Morgan fingerprint density at radius 2 is 0.750 bits per heavy atom. The first-order valence-electron chi connectivity index (χ1n) is 22.0. The molecule has 302 valence electrons. The van der Waals surface area contributed by atoms with Crippen LogP contribution in [0.4, 0.5) is 0 Å². The molecule has 0 amide bonds. The van der Waals surface area contributed by atoms with E-state index in [1.54, 1.807) is 0 Å². The number of hydrogen-bond donors (Lipinski definition) is 0. The summed E-state index contributed by atoms with van der Waals surface area (Å²) in [5.74, 6) is -0.927. The molecule has 6 nitrogen and oxygen atoms in total. The second kappa shape index (κ2) is 41.4. The minimum atomic E-state index is -0.779. The van der Waals surface area contributed by atoms with Crippen LogP contribution in [0.2, 0.25) is 0 Å². The van der Waals surface area contributed by atoms with Gasteiger partial charge in [-0.05, 0) is 70.6 Å². The van der Waals surface area contributed by atoms with Crippen LogP contribution in [0.3, 0.4) is 0 Å². The molecule has 0 aromatic rings. The van der Waals surface area contributed by atoms with Gasteiger partial charge in [-0.1, -0.05) is 166 Å². The molecule has 0 radical (unpaired) electrons. The van der Waals surface area contributed by atoms with Crippen LogP contribution < -0.4 is 0 Å². The standard InChI is InChI=1S/C46H82O6/c1-4-7-10-13-16-19-21-22-23-24-25-28-30-33-36-39-45(48)51-42-43(41-50-44(47)38-35-32-29-26-18-15-12-9-6-3)52-46(49)40-37-34-31-27-20-17-14-11-8-5-2/h9,12,18-19,21,26,43H,4-8,10-11,13-17,20,22-25,27-42H2,1-3H3/b12-9-,21-19-,26-18-. The van der Waals surface area contributed by atoms with E-state index in [1.807, 2.05) is 0 Å². The second-order valence-corrected chi connectivity index (χ2v) is 14.6. The molecular formula is C46H82O6. The third-order valence-corrected chi connectivity index (χ3v) is 9.38. The van der Waals surface area contributed by atoms with Gasteiger partial charge in [0.2, 0.25) is 0 Å². The van der Waals surface area contributed by atoms with Gasteiger partial charge >= 0.3 is 17.9 Å². The molecule has 0 saturated heterocycles. The van der Waals surface area contributed by atoms with Crippen LogP contribution in [-0.4, -0.2) is 37.2 Å². The van der Waals surface area contributed by atoms with E-state index in [1.165, 1.54) is 109 Å². The zero-order valence-corrected chi connectivity index (χ0v) is 34.3. The summed E-state index contributed by atoms with van der Waals surface area (Å²) in [4.78, 5) is 37.6. The van der Waals surface area contributed by atoms with Crippen molar-refractivity contribution in [3.63, 3.8) is 0 Å². The number of carbonyl (C=O) groups is 3. The molecule has 0 aliphatic rings. The van der Waals surface area contributed by atoms with Gasteiger partial charge in [-0.2, -0.15) is 0 Å². The Balaban J connectivity index is 4.35. The summed E-state index contributed by atoms with van der Waals surface area (Å²) in [5, 5.41) is 0. The van der Waals surface area contributed by atoms with Crippen LogP contribution in [0.1, 0.15) is 220 Å². The lowest BCUT2D eigenvalue weighted by Crippen LogP contribution is -2.30. The summed E-state index contributed by atoms with van der Waals surface area (Å²) >= 11 is 0. The van der Waals surface area contributed by atoms with Gasteiger partial charge in [0, 0.05) is 19.3 Å². The smallest absolute Gasteiger partial charge is 0.306 e. The first kappa shape index (κ1) is 49.6. The third-order valence-electron chi connectivity index (χ3n) is 9.38. The van der Waals surface area contributed by atoms with Gasteiger partial charge in [0.1, 0.15) is 13.2 Å². The Hall–Kier alpha value is -2.37. The van der Waals surface area contributed by atoms with E-state index in [2.05, 4.69) is 57.2 Å². The number of hydrogen-bond acceptors (Lipinski definition) is 6. The highest BCUT2D eigenvalue weighted by molar-refractivity contribution is 5.71. The first-order valence-corrected chi connectivity index (χ1v) is 22.0. The van der Waals surface area contributed by atoms with Crippen molar-refractivity contribution in [2.24, 2.45) is 0 Å². The number of esters is 3. The monoisotopic (exact) mass is 731 g/mol. The predicted octanol–water partition coefficient (Wildman–Crippen LogP) is 13.8. The SMILES string of the molecule is CC/C=C\C/C=C\CCCCC(=O)OCC(COC(=O)CCCCCCCCC/C=C\CCCCCC)OC(=O)CCCCCCCCCCCC. The molecule has 0 spiro atoms. The van der Waals surface area contributed by atoms with E-state index >= 15 is 0 Å². The zero-order valence-electron chi connectivity index (χ0n) is 34.3. The molecule has 0 aromatic carbocycles. The van der Waals surface area contributed by atoms with Crippen LogP contribution in [0, 0.1) is 0 Å². The van der Waals surface area contributed by atoms with Crippen molar-refractivity contribution in [3.8, 4) is 0 Å². The van der Waals surface area contributed by atoms with E-state index in [0.717, 1.165) is 70.6 Å². The summed E-state index contributed by atoms with van der Waals surface area (Å²) in [6.07, 6.45) is 45.7. The van der Waals surface area contributed by atoms with Crippen molar-refractivity contribution < 1.29 is 28.6 Å². The molecule has 0 fully saturated rings. The van der Waals surface area contributed by atoms with Crippen LogP contribution in [0.5, 0.6) is 0 Å². The van der Waals surface area contributed by atoms with Gasteiger partial charge in [0.25, 0.3) is 0 Å². The maximum absolute atomic E-state index is 12.6. The molecule has 0 heterocycles. The average molecular weight is 731 g/mol. The molecule has 0 saturated carbocycles. The lowest BCUT2D eigenvalue weighted by atomic mass is 10.1. The molecule has 6 heteroatoms. The number of allylic oxidation sites excluding steroid dienone is 6. The van der Waals surface area contributed by atoms with Gasteiger partial charge in [-0.25, -0.2) is 0 Å². The van der Waals surface area contributed by atoms with Crippen molar-refractivity contribution in [1.82, 2.24) is 0 Å². The fourth-order valence-electron chi connectivity index (χ4n) is 6.06. The van der Waals surface area contributed by atoms with Crippen molar-refractivity contribution in [2.45, 2.75) is 226 Å². The largest absolute Gasteiger partial charge is 0.462 e. The summed E-state index contributed by atoms with van der Waals surface area (Å²) in [7, 11) is 0. The van der Waals surface area contributed by atoms with Gasteiger partial charge < -0.3 is 14.2 Å². The van der Waals surface area contributed by atoms with E-state index in [-0.39, 0.29) is 31.1 Å². The van der Waals surface area contributed by atoms with E-state index in [0.29, 0.717) is 19.3 Å². The highest BCUT2D eigenvalue weighted by atomic mass is 16.6. The second-order valence-electron chi connectivity index (χ2n) is 14.6. The van der Waals surface area contributed by atoms with E-state index < -0.39 is 6.10 Å². The Morgan fingerprint density at radius 3 is 1.23 bits per heavy atom. The fourth-order valence-corrected chi connectivity index (χ4v) is 6.06. The van der Waals surface area contributed by atoms with Gasteiger partial charge in [0.15, 0.2) is 6.10 Å². The molecule has 52 heavy (non-hydrogen) atoms. The highest BCUT2D eigenvalue weighted by Crippen LogP contribution is 2.14. The summed E-state index contributed by atoms with van der Waals surface area (Å²) in [6, 6.07) is 0. The summed E-state index contributed by atoms with van der Waals surface area (Å²) < 4.78 is 16.6. The minimum absolute atomic E-state index is 0.0830. The number of carbonyl (C=O) groups excluding carboxylic acids is 3. The Labute approximate surface area is 321 Å². The van der Waals surface area contributed by atoms with Gasteiger partial charge in [-0.3, -0.25) is 14.4 Å². The van der Waals surface area contributed by atoms with Crippen molar-refractivity contribution >= 4 is 17.9 Å². The zero-order chi connectivity index (χ0) is 38.0. The van der Waals surface area contributed by atoms with Crippen LogP contribution in [0.15, 0.2) is 36.5 Å². The van der Waals surface area contributed by atoms with Gasteiger partial charge in [-0.15, -0.1) is 0 Å². The molecule has 0 bridgehead atoms. The molecule has 0 aromatic heterocycles. The number of rotatable bonds is 39. The Bertz CT molecular complexity index is 891. The van der Waals surface area contributed by atoms with Gasteiger partial charge in [0.05, 0.1) is 0 Å². The first-order chi connectivity index (χ1) is 25.5. The number of unbranched alkanes of at least 4 members (excludes halogenated alkanes) is 22. The van der Waals surface area contributed by atoms with E-state index in [9.17, 15) is 14.4 Å². The van der Waals surface area contributed by atoms with Crippen molar-refractivity contribution in [3.05, 3.63) is 36.5 Å². The molecule has 0 N–H and O–H groups in total. The maximum atomic E-state index is 12.6. The van der Waals surface area contributed by atoms with Crippen LogP contribution in [-0.2, 0) is 28.6 Å². The third kappa shape index (κ3) is 38.9. The topological polar surface area (TPSA) is 78.9 Å². The minimum Gasteiger partial charge on any atom is -0.462 e. The lowest BCUT2D eigenvalue weighted by molar-refractivity contribution is -0.167. The number of ether oxygens (including phenoxy) is 3.